The molecule has 1 fully saturated rings. The van der Waals surface area contributed by atoms with E-state index in [1.54, 1.807) is 6.07 Å². The number of nitrogens with zero attached hydrogens (tertiary/aromatic N) is 3. The number of hydrogen-bond acceptors (Lipinski definition) is 3. The van der Waals surface area contributed by atoms with Gasteiger partial charge in [-0.15, -0.1) is 0 Å². The van der Waals surface area contributed by atoms with E-state index < -0.39 is 0 Å². The van der Waals surface area contributed by atoms with Crippen LogP contribution in [0.3, 0.4) is 0 Å². The Morgan fingerprint density at radius 1 is 1.47 bits per heavy atom. The van der Waals surface area contributed by atoms with Gasteiger partial charge in [-0.2, -0.15) is 5.26 Å². The molecule has 3 rings (SSSR count). The fourth-order valence-corrected chi connectivity index (χ4v) is 3.06. The highest BCUT2D eigenvalue weighted by Crippen LogP contribution is 2.46. The molecular weight excluding hydrogens is 236 g/mol. The highest BCUT2D eigenvalue weighted by molar-refractivity contribution is 5.83. The first-order chi connectivity index (χ1) is 9.19. The second kappa shape index (κ2) is 4.27. The lowest BCUT2D eigenvalue weighted by molar-refractivity contribution is 0.103. The van der Waals surface area contributed by atoms with Crippen molar-refractivity contribution in [2.24, 2.45) is 5.41 Å². The smallest absolute Gasteiger partial charge is 0.201 e. The van der Waals surface area contributed by atoms with Crippen molar-refractivity contribution in [3.63, 3.8) is 0 Å². The van der Waals surface area contributed by atoms with E-state index in [2.05, 4.69) is 22.5 Å². The Labute approximate surface area is 112 Å². The summed E-state index contributed by atoms with van der Waals surface area (Å²) in [4.78, 5) is 4.38. The maximum absolute atomic E-state index is 9.13. The van der Waals surface area contributed by atoms with E-state index in [9.17, 15) is 0 Å². The number of nitrogens with two attached hydrogens (primary N) is 1. The zero-order valence-electron chi connectivity index (χ0n) is 11.2. The lowest BCUT2D eigenvalue weighted by atomic mass is 9.67. The molecule has 0 radical (unpaired) electrons. The normalized spacial score (nSPS) is 17.1. The Hall–Kier alpha value is -2.02. The summed E-state index contributed by atoms with van der Waals surface area (Å²) in [6.45, 7) is 3.16. The van der Waals surface area contributed by atoms with Crippen molar-refractivity contribution in [2.75, 3.05) is 5.73 Å². The van der Waals surface area contributed by atoms with Gasteiger partial charge in [-0.05, 0) is 36.8 Å². The summed E-state index contributed by atoms with van der Waals surface area (Å²) in [5.41, 5.74) is 8.75. The van der Waals surface area contributed by atoms with Crippen LogP contribution in [0.25, 0.3) is 11.0 Å². The molecule has 1 aliphatic carbocycles. The molecule has 2 aromatic rings. The topological polar surface area (TPSA) is 67.6 Å². The van der Waals surface area contributed by atoms with Gasteiger partial charge in [0.2, 0.25) is 5.95 Å². The van der Waals surface area contributed by atoms with Crippen LogP contribution in [0, 0.1) is 16.7 Å². The average molecular weight is 254 g/mol. The molecule has 0 aliphatic heterocycles. The van der Waals surface area contributed by atoms with E-state index in [1.165, 1.54) is 25.7 Å². The van der Waals surface area contributed by atoms with Gasteiger partial charge in [0.05, 0.1) is 11.1 Å². The minimum absolute atomic E-state index is 0.379. The number of hydrogen-bond donors (Lipinski definition) is 1. The second-order valence-electron chi connectivity index (χ2n) is 5.55. The molecule has 0 amide bonds. The minimum atomic E-state index is 0.379. The number of imidazole rings is 1. The van der Waals surface area contributed by atoms with Gasteiger partial charge in [-0.3, -0.25) is 0 Å². The standard InChI is InChI=1S/C15H18N4/c1-2-15(7-4-8-15)10-19-12-6-3-5-11(9-16)13(12)18-14(19)17/h3,5-6H,2,4,7-8,10H2,1H3,(H2,17,18). The third-order valence-electron chi connectivity index (χ3n) is 4.59. The molecule has 0 spiro atoms. The molecule has 0 unspecified atom stereocenters. The number of benzene rings is 1. The lowest BCUT2D eigenvalue weighted by Crippen LogP contribution is -2.33. The summed E-state index contributed by atoms with van der Waals surface area (Å²) in [6, 6.07) is 7.88. The molecule has 1 aromatic heterocycles. The zero-order chi connectivity index (χ0) is 13.5. The largest absolute Gasteiger partial charge is 0.369 e. The third kappa shape index (κ3) is 1.77. The number of anilines is 1. The predicted molar refractivity (Wildman–Crippen MR) is 75.4 cm³/mol. The molecule has 4 heteroatoms. The van der Waals surface area contributed by atoms with E-state index >= 15 is 0 Å². The molecule has 2 N–H and O–H groups in total. The van der Waals surface area contributed by atoms with Gasteiger partial charge in [0.15, 0.2) is 0 Å². The number of aromatic nitrogens is 2. The summed E-state index contributed by atoms with van der Waals surface area (Å²) in [5.74, 6) is 0.525. The number of rotatable bonds is 3. The molecule has 1 aromatic carbocycles. The van der Waals surface area contributed by atoms with Crippen LogP contribution >= 0.6 is 0 Å². The number of nitrogen functional groups attached to an aromatic ring is 1. The van der Waals surface area contributed by atoms with Gasteiger partial charge in [-0.1, -0.05) is 19.4 Å². The van der Waals surface area contributed by atoms with E-state index in [-0.39, 0.29) is 0 Å². The van der Waals surface area contributed by atoms with Crippen LogP contribution in [0.4, 0.5) is 5.95 Å². The van der Waals surface area contributed by atoms with Gasteiger partial charge in [0.1, 0.15) is 11.6 Å². The average Bonchev–Trinajstić information content (AvgIpc) is 2.69. The molecule has 1 aliphatic rings. The van der Waals surface area contributed by atoms with Crippen molar-refractivity contribution in [1.29, 1.82) is 5.26 Å². The first-order valence-corrected chi connectivity index (χ1v) is 6.84. The maximum Gasteiger partial charge on any atom is 0.201 e. The van der Waals surface area contributed by atoms with Crippen LogP contribution in [0.1, 0.15) is 38.2 Å². The Kier molecular flexibility index (Phi) is 2.70. The fraction of sp³-hybridized carbons (Fsp3) is 0.467. The van der Waals surface area contributed by atoms with Crippen molar-refractivity contribution in [3.05, 3.63) is 23.8 Å². The molecule has 98 valence electrons. The molecule has 1 heterocycles. The van der Waals surface area contributed by atoms with E-state index in [0.29, 0.717) is 16.9 Å². The summed E-state index contributed by atoms with van der Waals surface area (Å²) < 4.78 is 2.08. The van der Waals surface area contributed by atoms with Gasteiger partial charge in [0, 0.05) is 6.54 Å². The van der Waals surface area contributed by atoms with Crippen LogP contribution in [0.2, 0.25) is 0 Å². The van der Waals surface area contributed by atoms with Crippen molar-refractivity contribution in [3.8, 4) is 6.07 Å². The molecule has 1 saturated carbocycles. The Balaban J connectivity index is 2.09. The highest BCUT2D eigenvalue weighted by Gasteiger charge is 2.36. The summed E-state index contributed by atoms with van der Waals surface area (Å²) >= 11 is 0. The number of fused-ring (bicyclic) bond motifs is 1. The number of para-hydroxylation sites is 1. The third-order valence-corrected chi connectivity index (χ3v) is 4.59. The monoisotopic (exact) mass is 254 g/mol. The molecule has 4 nitrogen and oxygen atoms in total. The quantitative estimate of drug-likeness (QED) is 0.915. The first-order valence-electron chi connectivity index (χ1n) is 6.84. The SMILES string of the molecule is CCC1(Cn2c(N)nc3c(C#N)cccc32)CCC1. The van der Waals surface area contributed by atoms with Crippen LogP contribution in [0.15, 0.2) is 18.2 Å². The zero-order valence-corrected chi connectivity index (χ0v) is 11.2. The minimum Gasteiger partial charge on any atom is -0.369 e. The Morgan fingerprint density at radius 3 is 2.84 bits per heavy atom. The molecule has 0 saturated heterocycles. The van der Waals surface area contributed by atoms with Gasteiger partial charge in [-0.25, -0.2) is 4.98 Å². The summed E-state index contributed by atoms with van der Waals surface area (Å²) in [7, 11) is 0. The lowest BCUT2D eigenvalue weighted by Gasteiger charge is -2.41. The highest BCUT2D eigenvalue weighted by atomic mass is 15.2. The van der Waals surface area contributed by atoms with E-state index in [4.69, 9.17) is 11.0 Å². The predicted octanol–water partition coefficient (Wildman–Crippen LogP) is 3.07. The fourth-order valence-electron chi connectivity index (χ4n) is 3.06. The molecule has 0 bridgehead atoms. The van der Waals surface area contributed by atoms with Gasteiger partial charge >= 0.3 is 0 Å². The summed E-state index contributed by atoms with van der Waals surface area (Å²) in [6.07, 6.45) is 5.01. The van der Waals surface area contributed by atoms with Crippen LogP contribution in [0.5, 0.6) is 0 Å². The van der Waals surface area contributed by atoms with Crippen molar-refractivity contribution in [2.45, 2.75) is 39.2 Å². The van der Waals surface area contributed by atoms with Crippen molar-refractivity contribution in [1.82, 2.24) is 9.55 Å². The van der Waals surface area contributed by atoms with E-state index in [0.717, 1.165) is 17.6 Å². The first kappa shape index (κ1) is 12.0. The van der Waals surface area contributed by atoms with Gasteiger partial charge < -0.3 is 10.3 Å². The van der Waals surface area contributed by atoms with Crippen molar-refractivity contribution < 1.29 is 0 Å². The molecular formula is C15H18N4. The molecule has 0 atom stereocenters. The number of nitriles is 1. The van der Waals surface area contributed by atoms with E-state index in [1.807, 2.05) is 12.1 Å². The summed E-state index contributed by atoms with van der Waals surface area (Å²) in [5, 5.41) is 9.13. The van der Waals surface area contributed by atoms with Crippen LogP contribution in [-0.2, 0) is 6.54 Å². The van der Waals surface area contributed by atoms with Crippen molar-refractivity contribution >= 4 is 17.0 Å². The maximum atomic E-state index is 9.13. The van der Waals surface area contributed by atoms with Crippen LogP contribution < -0.4 is 5.73 Å². The van der Waals surface area contributed by atoms with Gasteiger partial charge in [0.25, 0.3) is 0 Å². The Bertz CT molecular complexity index is 653. The van der Waals surface area contributed by atoms with Crippen LogP contribution in [-0.4, -0.2) is 9.55 Å². The Morgan fingerprint density at radius 2 is 2.26 bits per heavy atom. The second-order valence-corrected chi connectivity index (χ2v) is 5.55. The molecule has 19 heavy (non-hydrogen) atoms.